The number of halogens is 3. The lowest BCUT2D eigenvalue weighted by molar-refractivity contribution is -0.156. The summed E-state index contributed by atoms with van der Waals surface area (Å²) < 4.78 is 48.4. The molecular weight excluding hydrogens is 713 g/mol. The minimum Gasteiger partial charge on any atom is -0.479 e. The van der Waals surface area contributed by atoms with Gasteiger partial charge in [-0.05, 0) is 92.3 Å². The Hall–Kier alpha value is -3.78. The lowest BCUT2D eigenvalue weighted by Crippen LogP contribution is -2.44. The maximum atomic E-state index is 16.1. The quantitative estimate of drug-likeness (QED) is 0.120. The van der Waals surface area contributed by atoms with Crippen LogP contribution in [-0.2, 0) is 27.3 Å². The molecule has 0 saturated carbocycles. The molecule has 1 aromatic rings. The van der Waals surface area contributed by atoms with Crippen LogP contribution in [0.3, 0.4) is 0 Å². The fourth-order valence-electron chi connectivity index (χ4n) is 9.33. The van der Waals surface area contributed by atoms with Crippen LogP contribution in [0.15, 0.2) is 71.9 Å². The number of nitrogens with one attached hydrogen (secondary N) is 3. The van der Waals surface area contributed by atoms with Crippen LogP contribution in [0.5, 0.6) is 0 Å². The molecule has 13 heteroatoms. The number of nitrogens with zero attached hydrogens (tertiary/aromatic N) is 1. The van der Waals surface area contributed by atoms with Gasteiger partial charge in [-0.15, -0.1) is 0 Å². The molecule has 2 aliphatic carbocycles. The van der Waals surface area contributed by atoms with Crippen LogP contribution in [0.1, 0.15) is 56.1 Å². The number of benzene rings is 1. The first-order chi connectivity index (χ1) is 26.3. The van der Waals surface area contributed by atoms with Crippen LogP contribution in [-0.4, -0.2) is 107 Å². The second-order valence-corrected chi connectivity index (χ2v) is 16.4. The van der Waals surface area contributed by atoms with Crippen LogP contribution in [0.25, 0.3) is 0 Å². The predicted octanol–water partition coefficient (Wildman–Crippen LogP) is 5.02. The van der Waals surface area contributed by atoms with Gasteiger partial charge < -0.3 is 31.3 Å². The van der Waals surface area contributed by atoms with E-state index in [1.807, 2.05) is 42.5 Å². The van der Waals surface area contributed by atoms with Crippen LogP contribution >= 0.6 is 0 Å². The maximum absolute atomic E-state index is 16.1. The van der Waals surface area contributed by atoms with Gasteiger partial charge in [0.2, 0.25) is 17.0 Å². The minimum atomic E-state index is -2.42. The van der Waals surface area contributed by atoms with Crippen molar-refractivity contribution < 1.29 is 42.9 Å². The highest BCUT2D eigenvalue weighted by Gasteiger charge is 2.50. The van der Waals surface area contributed by atoms with Crippen molar-refractivity contribution in [2.24, 2.45) is 29.6 Å². The van der Waals surface area contributed by atoms with Crippen molar-refractivity contribution in [1.82, 2.24) is 20.9 Å². The summed E-state index contributed by atoms with van der Waals surface area (Å²) in [4.78, 5) is 38.9. The van der Waals surface area contributed by atoms with Crippen molar-refractivity contribution in [3.05, 3.63) is 83.0 Å². The molecule has 8 atom stereocenters. The van der Waals surface area contributed by atoms with Gasteiger partial charge in [0.05, 0.1) is 0 Å². The maximum Gasteiger partial charge on any atom is 0.342 e. The molecule has 5 aliphatic rings. The molecule has 1 aromatic carbocycles. The van der Waals surface area contributed by atoms with Gasteiger partial charge in [0.15, 0.2) is 0 Å². The van der Waals surface area contributed by atoms with Gasteiger partial charge in [0.25, 0.3) is 0 Å². The summed E-state index contributed by atoms with van der Waals surface area (Å²) in [5, 5.41) is 39.1. The average molecular weight is 769 g/mol. The molecule has 3 saturated heterocycles. The SMILES string of the molecule is O=C(O)C(F)(CC1=CC(CN(CC2=CC(CC(F)(C(=O)O)[C@H]3CCNC3)CC=C2)Cc2cccc(CC(F)(C(=O)O)[C@H]3CCNC3)c2)CC=C1)[C@H]1CCNC1. The molecule has 6 rings (SSSR count). The number of hydrogen-bond acceptors (Lipinski definition) is 7. The number of aliphatic carboxylic acids is 3. The Kier molecular flexibility index (Phi) is 13.1. The Morgan fingerprint density at radius 2 is 1.18 bits per heavy atom. The fraction of sp³-hybridized carbons (Fsp3) is 0.595. The third-order valence-electron chi connectivity index (χ3n) is 12.4. The Labute approximate surface area is 321 Å². The van der Waals surface area contributed by atoms with E-state index >= 15 is 13.2 Å². The Bertz CT molecular complexity index is 1680. The van der Waals surface area contributed by atoms with Gasteiger partial charge in [0.1, 0.15) is 0 Å². The summed E-state index contributed by atoms with van der Waals surface area (Å²) in [6, 6.07) is 7.28. The third kappa shape index (κ3) is 9.61. The Morgan fingerprint density at radius 1 is 0.673 bits per heavy atom. The molecule has 3 heterocycles. The van der Waals surface area contributed by atoms with E-state index in [9.17, 15) is 29.7 Å². The number of alkyl halides is 3. The van der Waals surface area contributed by atoms with E-state index in [2.05, 4.69) is 20.9 Å². The lowest BCUT2D eigenvalue weighted by atomic mass is 9.78. The first-order valence-electron chi connectivity index (χ1n) is 19.7. The van der Waals surface area contributed by atoms with Gasteiger partial charge in [-0.2, -0.15) is 0 Å². The number of carboxylic acid groups (broad SMARTS) is 3. The molecule has 3 aliphatic heterocycles. The second-order valence-electron chi connectivity index (χ2n) is 16.4. The summed E-state index contributed by atoms with van der Waals surface area (Å²) in [6.45, 7) is 3.96. The lowest BCUT2D eigenvalue weighted by Gasteiger charge is -2.32. The summed E-state index contributed by atoms with van der Waals surface area (Å²) in [5.41, 5.74) is -4.26. The van der Waals surface area contributed by atoms with Crippen LogP contribution in [0, 0.1) is 29.6 Å². The van der Waals surface area contributed by atoms with Crippen LogP contribution < -0.4 is 16.0 Å². The fourth-order valence-corrected chi connectivity index (χ4v) is 9.33. The first kappa shape index (κ1) is 40.9. The largest absolute Gasteiger partial charge is 0.479 e. The summed E-state index contributed by atoms with van der Waals surface area (Å²) in [6.07, 6.45) is 13.4. The number of rotatable bonds is 18. The molecule has 5 unspecified atom stereocenters. The van der Waals surface area contributed by atoms with Crippen molar-refractivity contribution in [2.75, 3.05) is 52.4 Å². The molecule has 55 heavy (non-hydrogen) atoms. The Balaban J connectivity index is 1.23. The van der Waals surface area contributed by atoms with E-state index in [1.54, 1.807) is 18.2 Å². The number of carbonyl (C=O) groups is 3. The monoisotopic (exact) mass is 768 g/mol. The van der Waals surface area contributed by atoms with E-state index in [0.29, 0.717) is 102 Å². The van der Waals surface area contributed by atoms with Gasteiger partial charge in [-0.25, -0.2) is 27.6 Å². The number of allylic oxidation sites excluding steroid dienone is 5. The van der Waals surface area contributed by atoms with Crippen molar-refractivity contribution >= 4 is 17.9 Å². The van der Waals surface area contributed by atoms with Gasteiger partial charge >= 0.3 is 17.9 Å². The summed E-state index contributed by atoms with van der Waals surface area (Å²) >= 11 is 0. The summed E-state index contributed by atoms with van der Waals surface area (Å²) in [7, 11) is 0. The minimum absolute atomic E-state index is 0.0902. The van der Waals surface area contributed by atoms with Gasteiger partial charge in [-0.3, -0.25) is 4.90 Å². The molecule has 0 aromatic heterocycles. The highest BCUT2D eigenvalue weighted by Crippen LogP contribution is 2.39. The zero-order valence-corrected chi connectivity index (χ0v) is 31.3. The zero-order chi connectivity index (χ0) is 39.2. The van der Waals surface area contributed by atoms with E-state index in [1.165, 1.54) is 0 Å². The topological polar surface area (TPSA) is 151 Å². The summed E-state index contributed by atoms with van der Waals surface area (Å²) in [5.74, 6) is -6.68. The number of hydrogen-bond donors (Lipinski definition) is 6. The van der Waals surface area contributed by atoms with Crippen molar-refractivity contribution in [3.63, 3.8) is 0 Å². The zero-order valence-electron chi connectivity index (χ0n) is 31.3. The first-order valence-corrected chi connectivity index (χ1v) is 19.7. The second kappa shape index (κ2) is 17.6. The third-order valence-corrected chi connectivity index (χ3v) is 12.4. The molecule has 0 radical (unpaired) electrons. The molecule has 0 bridgehead atoms. The molecule has 300 valence electrons. The molecule has 6 N–H and O–H groups in total. The molecule has 3 fully saturated rings. The highest BCUT2D eigenvalue weighted by atomic mass is 19.2. The van der Waals surface area contributed by atoms with Gasteiger partial charge in [0, 0.05) is 69.9 Å². The average Bonchev–Trinajstić information content (AvgIpc) is 3.97. The highest BCUT2D eigenvalue weighted by molar-refractivity contribution is 5.79. The molecule has 10 nitrogen and oxygen atoms in total. The normalized spacial score (nSPS) is 28.6. The van der Waals surface area contributed by atoms with E-state index in [4.69, 9.17) is 0 Å². The smallest absolute Gasteiger partial charge is 0.342 e. The van der Waals surface area contributed by atoms with E-state index in [0.717, 1.165) is 11.1 Å². The van der Waals surface area contributed by atoms with E-state index < -0.39 is 52.7 Å². The predicted molar refractivity (Wildman–Crippen MR) is 203 cm³/mol. The molecule has 0 amide bonds. The van der Waals surface area contributed by atoms with Gasteiger partial charge in [-0.1, -0.05) is 60.7 Å². The Morgan fingerprint density at radius 3 is 1.75 bits per heavy atom. The number of carboxylic acids is 3. The van der Waals surface area contributed by atoms with Crippen molar-refractivity contribution in [1.29, 1.82) is 0 Å². The van der Waals surface area contributed by atoms with Crippen molar-refractivity contribution in [3.8, 4) is 0 Å². The van der Waals surface area contributed by atoms with Crippen molar-refractivity contribution in [2.45, 2.75) is 74.9 Å². The van der Waals surface area contributed by atoms with Crippen LogP contribution in [0.4, 0.5) is 13.2 Å². The molecule has 0 spiro atoms. The van der Waals surface area contributed by atoms with Crippen LogP contribution in [0.2, 0.25) is 0 Å². The standard InChI is InChI=1S/C42H55F3N4O6/c43-40(37(50)51,34-10-13-46-22-34)19-28-4-1-7-31(16-28)25-49(26-32-8-2-5-29(17-32)20-41(44,38(52)53)35-11-14-47-23-35)27-33-9-3-6-30(18-33)21-42(45,39(54)55)36-12-15-48-24-36/h1-5,7,9,16-18,30,32,34-36,46-48H,6,8,10-15,19-27H2,(H,50,51)(H,52,53)(H,54,55)/t30?,32?,34-,35-,36-,40?,41?,42?/m0/s1. The molecular formula is C42H55F3N4O6. The van der Waals surface area contributed by atoms with E-state index in [-0.39, 0.29) is 31.1 Å².